The molecule has 0 heterocycles. The lowest BCUT2D eigenvalue weighted by Crippen LogP contribution is -2.49. The largest absolute Gasteiger partial charge is 0.548 e. The monoisotopic (exact) mass is 330 g/mol. The molecule has 1 unspecified atom stereocenters. The summed E-state index contributed by atoms with van der Waals surface area (Å²) in [5.41, 5.74) is 0.665. The van der Waals surface area contributed by atoms with Crippen molar-refractivity contribution in [1.82, 2.24) is 11.5 Å². The highest BCUT2D eigenvalue weighted by atomic mass is 16.4. The van der Waals surface area contributed by atoms with E-state index >= 15 is 0 Å². The molecule has 1 atom stereocenters. The van der Waals surface area contributed by atoms with Crippen LogP contribution in [0, 0.1) is 5.41 Å². The zero-order valence-corrected chi connectivity index (χ0v) is 14.8. The van der Waals surface area contributed by atoms with E-state index in [9.17, 15) is 14.7 Å². The lowest BCUT2D eigenvalue weighted by atomic mass is 9.91. The molecule has 2 aromatic carbocycles. The molecule has 0 bridgehead atoms. The van der Waals surface area contributed by atoms with Gasteiger partial charge in [0.2, 0.25) is 5.91 Å². The Bertz CT molecular complexity index is 720. The van der Waals surface area contributed by atoms with Crippen LogP contribution in [0.2, 0.25) is 0 Å². The van der Waals surface area contributed by atoms with E-state index in [0.717, 1.165) is 16.3 Å². The summed E-state index contributed by atoms with van der Waals surface area (Å²) in [6.07, 6.45) is 0.484. The molecule has 130 valence electrons. The van der Waals surface area contributed by atoms with Crippen molar-refractivity contribution in [1.29, 1.82) is 0 Å². The average Bonchev–Trinajstić information content (AvgIpc) is 2.44. The van der Waals surface area contributed by atoms with Crippen LogP contribution >= 0.6 is 0 Å². The first-order chi connectivity index (χ1) is 10.7. The van der Waals surface area contributed by atoms with Gasteiger partial charge in [-0.25, -0.2) is 0 Å². The second kappa shape index (κ2) is 7.93. The van der Waals surface area contributed by atoms with Gasteiger partial charge in [-0.1, -0.05) is 63.2 Å². The minimum atomic E-state index is -1.26. The number of rotatable bonds is 5. The topological polar surface area (TPSA) is 106 Å². The quantitative estimate of drug-likeness (QED) is 0.879. The summed E-state index contributed by atoms with van der Waals surface area (Å²) >= 11 is 0. The van der Waals surface area contributed by atoms with Crippen molar-refractivity contribution in [3.63, 3.8) is 0 Å². The zero-order valence-electron chi connectivity index (χ0n) is 14.8. The maximum atomic E-state index is 12.0. The number of carboxylic acids is 1. The molecule has 2 rings (SSSR count). The first kappa shape index (κ1) is 19.6. The maximum Gasteiger partial charge on any atom is 0.221 e. The molecule has 0 fully saturated rings. The molecule has 5 nitrogen and oxygen atoms in total. The highest BCUT2D eigenvalue weighted by Crippen LogP contribution is 2.19. The summed E-state index contributed by atoms with van der Waals surface area (Å²) < 4.78 is 0. The highest BCUT2D eigenvalue weighted by molar-refractivity contribution is 5.85. The van der Waals surface area contributed by atoms with Crippen LogP contribution in [0.15, 0.2) is 42.5 Å². The molecule has 0 aliphatic rings. The number of aliphatic carboxylic acids is 1. The third kappa shape index (κ3) is 5.66. The van der Waals surface area contributed by atoms with Crippen LogP contribution < -0.4 is 16.6 Å². The molecule has 0 radical (unpaired) electrons. The minimum absolute atomic E-state index is 0. The van der Waals surface area contributed by atoms with Crippen LogP contribution in [-0.2, 0) is 16.0 Å². The van der Waals surface area contributed by atoms with Gasteiger partial charge in [0.1, 0.15) is 0 Å². The third-order valence-corrected chi connectivity index (χ3v) is 3.56. The van der Waals surface area contributed by atoms with E-state index in [0.29, 0.717) is 0 Å². The van der Waals surface area contributed by atoms with Gasteiger partial charge in [-0.3, -0.25) is 4.79 Å². The maximum absolute atomic E-state index is 12.0. The standard InChI is InChI=1S/C19H23NO3.H3N/c1-19(2,3)12-17(21)20-16(18(22)23)11-13-8-9-14-6-4-5-7-15(14)10-13;/h4-10,16H,11-12H2,1-3H3,(H,20,21)(H,22,23);1H3. The van der Waals surface area contributed by atoms with Crippen LogP contribution in [0.25, 0.3) is 10.8 Å². The second-order valence-electron chi connectivity index (χ2n) is 7.06. The molecule has 0 aromatic heterocycles. The van der Waals surface area contributed by atoms with E-state index in [1.54, 1.807) is 0 Å². The normalized spacial score (nSPS) is 12.3. The molecule has 0 aliphatic heterocycles. The summed E-state index contributed by atoms with van der Waals surface area (Å²) in [4.78, 5) is 23.3. The van der Waals surface area contributed by atoms with Gasteiger partial charge < -0.3 is 21.4 Å². The van der Waals surface area contributed by atoms with Crippen molar-refractivity contribution in [2.75, 3.05) is 0 Å². The van der Waals surface area contributed by atoms with Gasteiger partial charge in [0.25, 0.3) is 0 Å². The lowest BCUT2D eigenvalue weighted by Gasteiger charge is -2.23. The first-order valence-corrected chi connectivity index (χ1v) is 7.72. The molecule has 0 aliphatic carbocycles. The molecule has 1 amide bonds. The van der Waals surface area contributed by atoms with Gasteiger partial charge in [0, 0.05) is 6.42 Å². The number of amides is 1. The van der Waals surface area contributed by atoms with Gasteiger partial charge in [-0.2, -0.15) is 0 Å². The van der Waals surface area contributed by atoms with Gasteiger partial charge >= 0.3 is 0 Å². The number of quaternary nitrogens is 1. The fraction of sp³-hybridized carbons (Fsp3) is 0.368. The summed E-state index contributed by atoms with van der Waals surface area (Å²) in [6, 6.07) is 12.6. The number of carbonyl (C=O) groups is 2. The number of hydrogen-bond acceptors (Lipinski definition) is 3. The number of nitrogens with one attached hydrogen (secondary N) is 1. The molecular formula is C19H26N2O3. The Morgan fingerprint density at radius 2 is 1.71 bits per heavy atom. The molecular weight excluding hydrogens is 304 g/mol. The van der Waals surface area contributed by atoms with Crippen LogP contribution in [0.4, 0.5) is 0 Å². The first-order valence-electron chi connectivity index (χ1n) is 7.72. The van der Waals surface area contributed by atoms with Crippen molar-refractivity contribution in [3.05, 3.63) is 48.0 Å². The van der Waals surface area contributed by atoms with E-state index in [1.165, 1.54) is 0 Å². The van der Waals surface area contributed by atoms with E-state index in [4.69, 9.17) is 0 Å². The lowest BCUT2D eigenvalue weighted by molar-refractivity contribution is -0.308. The van der Waals surface area contributed by atoms with Crippen LogP contribution in [0.3, 0.4) is 0 Å². The summed E-state index contributed by atoms with van der Waals surface area (Å²) in [7, 11) is 0. The average molecular weight is 330 g/mol. The number of carboxylic acid groups (broad SMARTS) is 1. The number of benzene rings is 2. The van der Waals surface area contributed by atoms with Crippen molar-refractivity contribution in [3.8, 4) is 0 Å². The fourth-order valence-electron chi connectivity index (χ4n) is 2.52. The minimum Gasteiger partial charge on any atom is -0.548 e. The predicted octanol–water partition coefficient (Wildman–Crippen LogP) is 2.43. The second-order valence-corrected chi connectivity index (χ2v) is 7.06. The van der Waals surface area contributed by atoms with E-state index in [2.05, 4.69) is 5.32 Å². The number of hydrogen-bond donors (Lipinski definition) is 2. The molecule has 5 N–H and O–H groups in total. The van der Waals surface area contributed by atoms with Gasteiger partial charge in [0.05, 0.1) is 12.0 Å². The summed E-state index contributed by atoms with van der Waals surface area (Å²) in [6.45, 7) is 5.80. The Labute approximate surface area is 142 Å². The Morgan fingerprint density at radius 3 is 2.29 bits per heavy atom. The number of carbonyl (C=O) groups excluding carboxylic acids is 2. The van der Waals surface area contributed by atoms with Crippen molar-refractivity contribution in [2.45, 2.75) is 39.7 Å². The van der Waals surface area contributed by atoms with Crippen molar-refractivity contribution >= 4 is 22.6 Å². The SMILES string of the molecule is CC(C)(C)CC(=O)NC(Cc1ccc2ccccc2c1)C(=O)[O-].[NH4+]. The molecule has 24 heavy (non-hydrogen) atoms. The Kier molecular flexibility index (Phi) is 6.49. The van der Waals surface area contributed by atoms with Gasteiger partial charge in [-0.15, -0.1) is 0 Å². The van der Waals surface area contributed by atoms with Gasteiger partial charge in [0.15, 0.2) is 0 Å². The number of fused-ring (bicyclic) bond motifs is 1. The molecule has 2 aromatic rings. The van der Waals surface area contributed by atoms with E-state index < -0.39 is 12.0 Å². The summed E-state index contributed by atoms with van der Waals surface area (Å²) in [5, 5.41) is 16.1. The van der Waals surface area contributed by atoms with E-state index in [-0.39, 0.29) is 30.3 Å². The Morgan fingerprint density at radius 1 is 1.08 bits per heavy atom. The molecule has 0 saturated carbocycles. The van der Waals surface area contributed by atoms with Crippen LogP contribution in [-0.4, -0.2) is 17.9 Å². The predicted molar refractivity (Wildman–Crippen MR) is 94.6 cm³/mol. The van der Waals surface area contributed by atoms with Crippen molar-refractivity contribution < 1.29 is 14.7 Å². The van der Waals surface area contributed by atoms with Crippen LogP contribution in [0.5, 0.6) is 0 Å². The molecule has 0 spiro atoms. The van der Waals surface area contributed by atoms with Gasteiger partial charge in [-0.05, 0) is 28.2 Å². The zero-order chi connectivity index (χ0) is 17.0. The molecule has 0 saturated heterocycles. The molecule has 5 heteroatoms. The third-order valence-electron chi connectivity index (χ3n) is 3.56. The van der Waals surface area contributed by atoms with E-state index in [1.807, 2.05) is 63.2 Å². The summed E-state index contributed by atoms with van der Waals surface area (Å²) in [5.74, 6) is -1.53. The smallest absolute Gasteiger partial charge is 0.221 e. The van der Waals surface area contributed by atoms with Crippen LogP contribution in [0.1, 0.15) is 32.8 Å². The Balaban J connectivity index is 0.00000288. The Hall–Kier alpha value is -2.40. The highest BCUT2D eigenvalue weighted by Gasteiger charge is 2.20. The fourth-order valence-corrected chi connectivity index (χ4v) is 2.52. The van der Waals surface area contributed by atoms with Crippen molar-refractivity contribution in [2.24, 2.45) is 5.41 Å².